The minimum Gasteiger partial charge on any atom is -0.756 e. The summed E-state index contributed by atoms with van der Waals surface area (Å²) in [5, 5.41) is 0. The molecule has 0 bridgehead atoms. The van der Waals surface area contributed by atoms with E-state index in [1.54, 1.807) is 0 Å². The van der Waals surface area contributed by atoms with Crippen LogP contribution in [0.2, 0.25) is 0 Å². The fraction of sp³-hybridized carbons (Fsp3) is 1.00. The predicted octanol–water partition coefficient (Wildman–Crippen LogP) is 4.54. The van der Waals surface area contributed by atoms with Crippen molar-refractivity contribution >= 4 is 7.82 Å². The number of nitrogens with zero attached hydrogens (tertiary/aromatic N) is 1. The van der Waals surface area contributed by atoms with Gasteiger partial charge in [-0.15, -0.1) is 0 Å². The second-order valence-electron chi connectivity index (χ2n) is 8.89. The van der Waals surface area contributed by atoms with Crippen LogP contribution in [0.4, 0.5) is 0 Å². The van der Waals surface area contributed by atoms with E-state index >= 15 is 0 Å². The van der Waals surface area contributed by atoms with Crippen molar-refractivity contribution in [1.29, 1.82) is 0 Å². The van der Waals surface area contributed by atoms with Gasteiger partial charge in [-0.1, -0.05) is 71.1 Å². The molecule has 0 N–H and O–H groups in total. The van der Waals surface area contributed by atoms with Gasteiger partial charge < -0.3 is 27.9 Å². The summed E-state index contributed by atoms with van der Waals surface area (Å²) in [6.45, 7) is 4.83. The molecule has 0 saturated heterocycles. The van der Waals surface area contributed by atoms with E-state index in [2.05, 4.69) is 6.92 Å². The zero-order valence-corrected chi connectivity index (χ0v) is 21.0. The van der Waals surface area contributed by atoms with Gasteiger partial charge >= 0.3 is 0 Å². The fourth-order valence-electron chi connectivity index (χ4n) is 2.86. The molecule has 0 fully saturated rings. The van der Waals surface area contributed by atoms with E-state index in [0.29, 0.717) is 24.2 Å². The number of hydrogen-bond donors (Lipinski definition) is 0. The standard InChI is InChI=1S/C22H48NO6P/c1-5-6-7-8-9-10-11-12-13-14-15-17-26-19-20-27-21-22-29-30(24,25)28-18-16-23(2,3)4/h5-22H2,1-4H3. The molecule has 30 heavy (non-hydrogen) atoms. The van der Waals surface area contributed by atoms with E-state index in [1.165, 1.54) is 64.2 Å². The summed E-state index contributed by atoms with van der Waals surface area (Å²) in [6, 6.07) is 0. The highest BCUT2D eigenvalue weighted by atomic mass is 31.2. The highest BCUT2D eigenvalue weighted by molar-refractivity contribution is 7.45. The molecule has 182 valence electrons. The Morgan fingerprint density at radius 2 is 1.07 bits per heavy atom. The zero-order valence-electron chi connectivity index (χ0n) is 20.1. The Morgan fingerprint density at radius 3 is 1.60 bits per heavy atom. The Bertz CT molecular complexity index is 417. The third-order valence-electron chi connectivity index (χ3n) is 4.75. The molecule has 0 aliphatic heterocycles. The number of unbranched alkanes of at least 4 members (excludes halogenated alkanes) is 10. The van der Waals surface area contributed by atoms with E-state index in [9.17, 15) is 9.46 Å². The highest BCUT2D eigenvalue weighted by Gasteiger charge is 2.13. The average Bonchev–Trinajstić information content (AvgIpc) is 2.65. The van der Waals surface area contributed by atoms with Crippen LogP contribution in [0.1, 0.15) is 77.6 Å². The Balaban J connectivity index is 3.26. The normalized spacial score (nSPS) is 14.2. The molecule has 0 aromatic rings. The first kappa shape index (κ1) is 30.0. The number of likely N-dealkylation sites (N-methyl/N-ethyl adjacent to an activating group) is 1. The number of phosphoric acid groups is 1. The highest BCUT2D eigenvalue weighted by Crippen LogP contribution is 2.37. The first-order valence-electron chi connectivity index (χ1n) is 11.8. The van der Waals surface area contributed by atoms with Gasteiger partial charge in [0.1, 0.15) is 13.2 Å². The minimum absolute atomic E-state index is 0.0379. The van der Waals surface area contributed by atoms with E-state index in [-0.39, 0.29) is 19.8 Å². The second-order valence-corrected chi connectivity index (χ2v) is 10.3. The largest absolute Gasteiger partial charge is 0.756 e. The second kappa shape index (κ2) is 19.7. The summed E-state index contributed by atoms with van der Waals surface area (Å²) >= 11 is 0. The summed E-state index contributed by atoms with van der Waals surface area (Å²) < 4.78 is 32.7. The summed E-state index contributed by atoms with van der Waals surface area (Å²) in [4.78, 5) is 11.6. The predicted molar refractivity (Wildman–Crippen MR) is 121 cm³/mol. The van der Waals surface area contributed by atoms with Crippen LogP contribution in [-0.4, -0.2) is 71.8 Å². The molecule has 1 unspecified atom stereocenters. The molecule has 0 radical (unpaired) electrons. The molecule has 1 atom stereocenters. The van der Waals surface area contributed by atoms with Gasteiger partial charge in [-0.3, -0.25) is 4.57 Å². The Kier molecular flexibility index (Phi) is 19.7. The maximum absolute atomic E-state index is 11.6. The molecule has 7 nitrogen and oxygen atoms in total. The fourth-order valence-corrected chi connectivity index (χ4v) is 3.54. The molecule has 0 aromatic heterocycles. The van der Waals surface area contributed by atoms with Crippen molar-refractivity contribution in [2.45, 2.75) is 77.6 Å². The lowest BCUT2D eigenvalue weighted by molar-refractivity contribution is -0.870. The molecule has 0 aliphatic carbocycles. The quantitative estimate of drug-likeness (QED) is 0.128. The van der Waals surface area contributed by atoms with Gasteiger partial charge in [0.05, 0.1) is 47.6 Å². The van der Waals surface area contributed by atoms with Crippen LogP contribution in [0.5, 0.6) is 0 Å². The maximum Gasteiger partial charge on any atom is 0.268 e. The third kappa shape index (κ3) is 24.3. The molecule has 0 heterocycles. The van der Waals surface area contributed by atoms with E-state index in [0.717, 1.165) is 13.0 Å². The number of rotatable bonds is 23. The number of phosphoric ester groups is 1. The van der Waals surface area contributed by atoms with Crippen molar-refractivity contribution in [2.75, 3.05) is 67.3 Å². The molecule has 0 aromatic carbocycles. The lowest BCUT2D eigenvalue weighted by Gasteiger charge is -2.27. The number of quaternary nitrogens is 1. The Hall–Kier alpha value is -0.0100. The molecule has 0 spiro atoms. The van der Waals surface area contributed by atoms with Crippen molar-refractivity contribution < 1.29 is 32.5 Å². The van der Waals surface area contributed by atoms with Crippen molar-refractivity contribution in [2.24, 2.45) is 0 Å². The van der Waals surface area contributed by atoms with Gasteiger partial charge in [-0.25, -0.2) is 0 Å². The average molecular weight is 454 g/mol. The van der Waals surface area contributed by atoms with Gasteiger partial charge in [0.15, 0.2) is 0 Å². The van der Waals surface area contributed by atoms with Gasteiger partial charge in [0, 0.05) is 6.61 Å². The number of hydrogen-bond acceptors (Lipinski definition) is 6. The monoisotopic (exact) mass is 453 g/mol. The molecule has 0 aliphatic rings. The molecule has 8 heteroatoms. The van der Waals surface area contributed by atoms with Gasteiger partial charge in [-0.2, -0.15) is 0 Å². The molecular weight excluding hydrogens is 405 g/mol. The third-order valence-corrected chi connectivity index (χ3v) is 5.75. The van der Waals surface area contributed by atoms with Crippen molar-refractivity contribution in [3.05, 3.63) is 0 Å². The Morgan fingerprint density at radius 1 is 0.633 bits per heavy atom. The topological polar surface area (TPSA) is 77.1 Å². The summed E-state index contributed by atoms with van der Waals surface area (Å²) in [5.74, 6) is 0. The van der Waals surface area contributed by atoms with Gasteiger partial charge in [-0.05, 0) is 6.42 Å². The van der Waals surface area contributed by atoms with Crippen LogP contribution in [0, 0.1) is 0 Å². The van der Waals surface area contributed by atoms with E-state index in [1.807, 2.05) is 21.1 Å². The smallest absolute Gasteiger partial charge is 0.268 e. The van der Waals surface area contributed by atoms with Crippen LogP contribution in [-0.2, 0) is 23.1 Å². The lowest BCUT2D eigenvalue weighted by atomic mass is 10.1. The van der Waals surface area contributed by atoms with Crippen molar-refractivity contribution in [1.82, 2.24) is 0 Å². The SMILES string of the molecule is CCCCCCCCCCCCCOCCOCCOP(=O)([O-])OCC[N+](C)(C)C. The van der Waals surface area contributed by atoms with E-state index in [4.69, 9.17) is 18.5 Å². The lowest BCUT2D eigenvalue weighted by Crippen LogP contribution is -2.37. The first-order valence-corrected chi connectivity index (χ1v) is 13.3. The molecule has 0 amide bonds. The van der Waals surface area contributed by atoms with Crippen LogP contribution >= 0.6 is 7.82 Å². The zero-order chi connectivity index (χ0) is 22.6. The summed E-state index contributed by atoms with van der Waals surface area (Å²) in [7, 11) is 1.66. The van der Waals surface area contributed by atoms with Crippen LogP contribution in [0.25, 0.3) is 0 Å². The van der Waals surface area contributed by atoms with Gasteiger partial charge in [0.25, 0.3) is 7.82 Å². The molecular formula is C22H48NO6P. The van der Waals surface area contributed by atoms with Crippen LogP contribution in [0.3, 0.4) is 0 Å². The summed E-state index contributed by atoms with van der Waals surface area (Å²) in [5.41, 5.74) is 0. The maximum atomic E-state index is 11.6. The van der Waals surface area contributed by atoms with Crippen molar-refractivity contribution in [3.8, 4) is 0 Å². The van der Waals surface area contributed by atoms with E-state index < -0.39 is 7.82 Å². The minimum atomic E-state index is -4.24. The summed E-state index contributed by atoms with van der Waals surface area (Å²) in [6.07, 6.45) is 14.6. The molecule has 0 rings (SSSR count). The Labute approximate surface area is 185 Å². The van der Waals surface area contributed by atoms with Crippen molar-refractivity contribution in [3.63, 3.8) is 0 Å². The first-order chi connectivity index (χ1) is 14.3. The molecule has 0 saturated carbocycles. The number of ether oxygens (including phenoxy) is 2. The van der Waals surface area contributed by atoms with Crippen LogP contribution in [0.15, 0.2) is 0 Å². The van der Waals surface area contributed by atoms with Gasteiger partial charge in [0.2, 0.25) is 0 Å². The van der Waals surface area contributed by atoms with Crippen LogP contribution < -0.4 is 4.89 Å².